The predicted molar refractivity (Wildman–Crippen MR) is 95.3 cm³/mol. The van der Waals surface area contributed by atoms with Crippen molar-refractivity contribution in [3.05, 3.63) is 66.0 Å². The fraction of sp³-hybridized carbons (Fsp3) is 0.300. The van der Waals surface area contributed by atoms with Crippen LogP contribution in [0.2, 0.25) is 0 Å². The van der Waals surface area contributed by atoms with Crippen LogP contribution in [0.3, 0.4) is 0 Å². The van der Waals surface area contributed by atoms with Gasteiger partial charge in [-0.2, -0.15) is 5.10 Å². The molecule has 0 spiro atoms. The maximum Gasteiger partial charge on any atom is 0.181 e. The van der Waals surface area contributed by atoms with Crippen molar-refractivity contribution in [2.75, 3.05) is 6.61 Å². The van der Waals surface area contributed by atoms with Crippen LogP contribution >= 0.6 is 0 Å². The predicted octanol–water partition coefficient (Wildman–Crippen LogP) is 3.39. The molecule has 0 radical (unpaired) electrons. The lowest BCUT2D eigenvalue weighted by Gasteiger charge is -2.06. The molecule has 0 unspecified atom stereocenters. The number of aliphatic hydroxyl groups is 1. The number of benzene rings is 2. The van der Waals surface area contributed by atoms with Gasteiger partial charge in [0, 0.05) is 11.5 Å². The molecule has 1 heterocycles. The SMILES string of the molecule is OCCn1nc(-c2ccc(OCc3ccccc3)cc2)nc1C1CC1. The van der Waals surface area contributed by atoms with Gasteiger partial charge in [-0.15, -0.1) is 0 Å². The van der Waals surface area contributed by atoms with Crippen LogP contribution < -0.4 is 4.74 Å². The Labute approximate surface area is 146 Å². The van der Waals surface area contributed by atoms with Gasteiger partial charge < -0.3 is 9.84 Å². The van der Waals surface area contributed by atoms with Crippen LogP contribution in [0.5, 0.6) is 5.75 Å². The second-order valence-electron chi connectivity index (χ2n) is 6.31. The average Bonchev–Trinajstić information content (AvgIpc) is 3.42. The van der Waals surface area contributed by atoms with Crippen molar-refractivity contribution in [2.24, 2.45) is 0 Å². The van der Waals surface area contributed by atoms with Crippen LogP contribution in [0, 0.1) is 0 Å². The number of aromatic nitrogens is 3. The van der Waals surface area contributed by atoms with Gasteiger partial charge in [-0.05, 0) is 42.7 Å². The van der Waals surface area contributed by atoms with Crippen LogP contribution in [0.25, 0.3) is 11.4 Å². The van der Waals surface area contributed by atoms with Crippen molar-refractivity contribution in [3.63, 3.8) is 0 Å². The number of aliphatic hydroxyl groups excluding tert-OH is 1. The molecule has 1 aliphatic rings. The van der Waals surface area contributed by atoms with Crippen LogP contribution in [-0.2, 0) is 13.2 Å². The fourth-order valence-corrected chi connectivity index (χ4v) is 2.82. The van der Waals surface area contributed by atoms with Crippen molar-refractivity contribution >= 4 is 0 Å². The molecule has 0 bridgehead atoms. The van der Waals surface area contributed by atoms with Gasteiger partial charge in [0.15, 0.2) is 5.82 Å². The Hall–Kier alpha value is -2.66. The number of nitrogens with zero attached hydrogens (tertiary/aromatic N) is 3. The molecule has 0 aliphatic heterocycles. The van der Waals surface area contributed by atoms with Crippen molar-refractivity contribution in [1.82, 2.24) is 14.8 Å². The Balaban J connectivity index is 1.47. The maximum absolute atomic E-state index is 9.21. The Kier molecular flexibility index (Phi) is 4.48. The molecule has 1 aromatic heterocycles. The second kappa shape index (κ2) is 7.07. The van der Waals surface area contributed by atoms with E-state index in [1.807, 2.05) is 59.3 Å². The van der Waals surface area contributed by atoms with Gasteiger partial charge in [-0.3, -0.25) is 0 Å². The third kappa shape index (κ3) is 3.72. The van der Waals surface area contributed by atoms with E-state index in [9.17, 15) is 5.11 Å². The molecule has 1 aliphatic carbocycles. The number of hydrogen-bond acceptors (Lipinski definition) is 4. The highest BCUT2D eigenvalue weighted by atomic mass is 16.5. The third-order valence-electron chi connectivity index (χ3n) is 4.32. The summed E-state index contributed by atoms with van der Waals surface area (Å²) in [6, 6.07) is 18.0. The summed E-state index contributed by atoms with van der Waals surface area (Å²) in [5.41, 5.74) is 2.11. The van der Waals surface area contributed by atoms with Crippen LogP contribution in [0.15, 0.2) is 54.6 Å². The summed E-state index contributed by atoms with van der Waals surface area (Å²) in [7, 11) is 0. The molecule has 5 heteroatoms. The zero-order chi connectivity index (χ0) is 17.1. The van der Waals surface area contributed by atoms with E-state index in [0.29, 0.717) is 24.9 Å². The zero-order valence-corrected chi connectivity index (χ0v) is 14.0. The quantitative estimate of drug-likeness (QED) is 0.719. The smallest absolute Gasteiger partial charge is 0.181 e. The molecule has 0 amide bonds. The zero-order valence-electron chi connectivity index (χ0n) is 14.0. The fourth-order valence-electron chi connectivity index (χ4n) is 2.82. The van der Waals surface area contributed by atoms with Crippen LogP contribution in [0.4, 0.5) is 0 Å². The maximum atomic E-state index is 9.21. The second-order valence-corrected chi connectivity index (χ2v) is 6.31. The minimum Gasteiger partial charge on any atom is -0.489 e. The molecule has 1 saturated carbocycles. The summed E-state index contributed by atoms with van der Waals surface area (Å²) in [4.78, 5) is 4.68. The highest BCUT2D eigenvalue weighted by Gasteiger charge is 2.29. The summed E-state index contributed by atoms with van der Waals surface area (Å²) < 4.78 is 7.66. The van der Waals surface area contributed by atoms with E-state index < -0.39 is 0 Å². The molecule has 128 valence electrons. The van der Waals surface area contributed by atoms with Gasteiger partial charge >= 0.3 is 0 Å². The van der Waals surface area contributed by atoms with Crippen molar-refractivity contribution in [3.8, 4) is 17.1 Å². The Morgan fingerprint density at radius 2 is 1.80 bits per heavy atom. The first-order valence-electron chi connectivity index (χ1n) is 8.66. The molecule has 3 aromatic rings. The Morgan fingerprint density at radius 3 is 2.48 bits per heavy atom. The van der Waals surface area contributed by atoms with Gasteiger partial charge in [0.1, 0.15) is 18.2 Å². The molecule has 4 rings (SSSR count). The molecule has 0 atom stereocenters. The van der Waals surface area contributed by atoms with Crippen molar-refractivity contribution in [2.45, 2.75) is 31.9 Å². The minimum absolute atomic E-state index is 0.0782. The first kappa shape index (κ1) is 15.8. The minimum atomic E-state index is 0.0782. The monoisotopic (exact) mass is 335 g/mol. The normalized spacial score (nSPS) is 13.8. The van der Waals surface area contributed by atoms with Crippen molar-refractivity contribution in [1.29, 1.82) is 0 Å². The molecule has 5 nitrogen and oxygen atoms in total. The number of rotatable bonds is 7. The Morgan fingerprint density at radius 1 is 1.04 bits per heavy atom. The topological polar surface area (TPSA) is 60.2 Å². The van der Waals surface area contributed by atoms with E-state index in [0.717, 1.165) is 35.5 Å². The average molecular weight is 335 g/mol. The lowest BCUT2D eigenvalue weighted by Crippen LogP contribution is -2.07. The van der Waals surface area contributed by atoms with Gasteiger partial charge in [0.25, 0.3) is 0 Å². The van der Waals surface area contributed by atoms with E-state index in [1.54, 1.807) is 0 Å². The van der Waals surface area contributed by atoms with E-state index >= 15 is 0 Å². The lowest BCUT2D eigenvalue weighted by molar-refractivity contribution is 0.267. The van der Waals surface area contributed by atoms with E-state index in [1.165, 1.54) is 0 Å². The third-order valence-corrected chi connectivity index (χ3v) is 4.32. The highest BCUT2D eigenvalue weighted by Crippen LogP contribution is 2.39. The van der Waals surface area contributed by atoms with E-state index in [-0.39, 0.29) is 6.61 Å². The Bertz CT molecular complexity index is 824. The van der Waals surface area contributed by atoms with Gasteiger partial charge in [0.2, 0.25) is 0 Å². The molecule has 1 fully saturated rings. The summed E-state index contributed by atoms with van der Waals surface area (Å²) in [6.45, 7) is 1.13. The lowest BCUT2D eigenvalue weighted by atomic mass is 10.2. The first-order chi connectivity index (χ1) is 12.3. The van der Waals surface area contributed by atoms with E-state index in [4.69, 9.17) is 4.74 Å². The molecular weight excluding hydrogens is 314 g/mol. The van der Waals surface area contributed by atoms with Gasteiger partial charge in [0.05, 0.1) is 13.2 Å². The summed E-state index contributed by atoms with van der Waals surface area (Å²) in [5.74, 6) is 3.03. The molecule has 1 N–H and O–H groups in total. The van der Waals surface area contributed by atoms with Crippen LogP contribution in [0.1, 0.15) is 30.1 Å². The van der Waals surface area contributed by atoms with Crippen molar-refractivity contribution < 1.29 is 9.84 Å². The highest BCUT2D eigenvalue weighted by molar-refractivity contribution is 5.56. The number of hydrogen-bond donors (Lipinski definition) is 1. The molecule has 2 aromatic carbocycles. The summed E-state index contributed by atoms with van der Waals surface area (Å²) in [5, 5.41) is 13.8. The largest absolute Gasteiger partial charge is 0.489 e. The molecule has 0 saturated heterocycles. The molecule has 25 heavy (non-hydrogen) atoms. The van der Waals surface area contributed by atoms with Crippen LogP contribution in [-0.4, -0.2) is 26.5 Å². The standard InChI is InChI=1S/C20H21N3O2/c24-13-12-23-20(17-6-7-17)21-19(22-23)16-8-10-18(11-9-16)25-14-15-4-2-1-3-5-15/h1-5,8-11,17,24H,6-7,12-14H2. The number of ether oxygens (including phenoxy) is 1. The molecular formula is C20H21N3O2. The first-order valence-corrected chi connectivity index (χ1v) is 8.66. The van der Waals surface area contributed by atoms with Gasteiger partial charge in [-0.1, -0.05) is 30.3 Å². The summed E-state index contributed by atoms with van der Waals surface area (Å²) >= 11 is 0. The van der Waals surface area contributed by atoms with Gasteiger partial charge in [-0.25, -0.2) is 9.67 Å². The van der Waals surface area contributed by atoms with E-state index in [2.05, 4.69) is 10.1 Å². The summed E-state index contributed by atoms with van der Waals surface area (Å²) in [6.07, 6.45) is 2.33.